The monoisotopic (exact) mass is 289 g/mol. The van der Waals surface area contributed by atoms with Crippen molar-refractivity contribution in [2.24, 2.45) is 11.7 Å². The highest BCUT2D eigenvalue weighted by Gasteiger charge is 2.28. The SMILES string of the molecule is NC(=O)C1CCN(c2cc(OC(F)F)c(F)cc2N)C1. The quantitative estimate of drug-likeness (QED) is 0.819. The molecule has 0 aromatic heterocycles. The lowest BCUT2D eigenvalue weighted by molar-refractivity contribution is -0.121. The number of ether oxygens (including phenoxy) is 1. The third-order valence-electron chi connectivity index (χ3n) is 3.23. The topological polar surface area (TPSA) is 81.6 Å². The van der Waals surface area contributed by atoms with E-state index in [0.717, 1.165) is 12.1 Å². The third kappa shape index (κ3) is 2.89. The molecule has 2 rings (SSSR count). The molecule has 0 saturated carbocycles. The van der Waals surface area contributed by atoms with Crippen LogP contribution >= 0.6 is 0 Å². The zero-order chi connectivity index (χ0) is 14.9. The number of nitrogens with zero attached hydrogens (tertiary/aromatic N) is 1. The van der Waals surface area contributed by atoms with Crippen LogP contribution < -0.4 is 21.1 Å². The van der Waals surface area contributed by atoms with E-state index in [1.807, 2.05) is 0 Å². The second-order valence-corrected chi connectivity index (χ2v) is 4.55. The molecule has 1 aliphatic heterocycles. The van der Waals surface area contributed by atoms with Crippen LogP contribution in [0.4, 0.5) is 24.5 Å². The third-order valence-corrected chi connectivity index (χ3v) is 3.23. The maximum atomic E-state index is 13.5. The minimum Gasteiger partial charge on any atom is -0.432 e. The Morgan fingerprint density at radius 1 is 1.45 bits per heavy atom. The number of amides is 1. The predicted molar refractivity (Wildman–Crippen MR) is 67.0 cm³/mol. The Kier molecular flexibility index (Phi) is 3.91. The number of rotatable bonds is 4. The Balaban J connectivity index is 2.25. The number of nitrogens with two attached hydrogens (primary N) is 2. The van der Waals surface area contributed by atoms with Crippen molar-refractivity contribution in [3.63, 3.8) is 0 Å². The van der Waals surface area contributed by atoms with E-state index in [0.29, 0.717) is 25.2 Å². The van der Waals surface area contributed by atoms with Gasteiger partial charge in [0.25, 0.3) is 0 Å². The minimum atomic E-state index is -3.13. The number of anilines is 2. The summed E-state index contributed by atoms with van der Waals surface area (Å²) in [6, 6.07) is 2.03. The second-order valence-electron chi connectivity index (χ2n) is 4.55. The van der Waals surface area contributed by atoms with Gasteiger partial charge in [-0.2, -0.15) is 8.78 Å². The molecular weight excluding hydrogens is 275 g/mol. The number of primary amides is 1. The van der Waals surface area contributed by atoms with Gasteiger partial charge in [0, 0.05) is 25.2 Å². The second kappa shape index (κ2) is 5.48. The molecule has 0 spiro atoms. The molecule has 1 saturated heterocycles. The van der Waals surface area contributed by atoms with E-state index in [-0.39, 0.29) is 11.6 Å². The van der Waals surface area contributed by atoms with E-state index in [1.165, 1.54) is 0 Å². The van der Waals surface area contributed by atoms with E-state index in [2.05, 4.69) is 4.74 Å². The molecule has 8 heteroatoms. The molecule has 110 valence electrons. The maximum Gasteiger partial charge on any atom is 0.387 e. The summed E-state index contributed by atoms with van der Waals surface area (Å²) in [5.74, 6) is -2.31. The summed E-state index contributed by atoms with van der Waals surface area (Å²) < 4.78 is 41.9. The Morgan fingerprint density at radius 3 is 2.70 bits per heavy atom. The van der Waals surface area contributed by atoms with Crippen LogP contribution in [0.25, 0.3) is 0 Å². The molecule has 1 aliphatic rings. The van der Waals surface area contributed by atoms with Crippen molar-refractivity contribution in [1.29, 1.82) is 0 Å². The molecule has 4 N–H and O–H groups in total. The first-order valence-corrected chi connectivity index (χ1v) is 5.96. The number of carbonyl (C=O) groups excluding carboxylic acids is 1. The first kappa shape index (κ1) is 14.3. The molecule has 1 heterocycles. The lowest BCUT2D eigenvalue weighted by Crippen LogP contribution is -2.27. The van der Waals surface area contributed by atoms with Gasteiger partial charge in [-0.15, -0.1) is 0 Å². The highest BCUT2D eigenvalue weighted by molar-refractivity contribution is 5.79. The van der Waals surface area contributed by atoms with Gasteiger partial charge in [0.05, 0.1) is 17.3 Å². The van der Waals surface area contributed by atoms with Crippen molar-refractivity contribution >= 4 is 17.3 Å². The zero-order valence-electron chi connectivity index (χ0n) is 10.5. The molecule has 0 bridgehead atoms. The number of benzene rings is 1. The molecule has 1 aromatic carbocycles. The summed E-state index contributed by atoms with van der Waals surface area (Å²) >= 11 is 0. The molecule has 1 fully saturated rings. The van der Waals surface area contributed by atoms with Gasteiger partial charge in [0.15, 0.2) is 11.6 Å². The highest BCUT2D eigenvalue weighted by atomic mass is 19.3. The molecule has 20 heavy (non-hydrogen) atoms. The van der Waals surface area contributed by atoms with Crippen molar-refractivity contribution in [3.05, 3.63) is 17.9 Å². The smallest absolute Gasteiger partial charge is 0.387 e. The van der Waals surface area contributed by atoms with Gasteiger partial charge in [-0.25, -0.2) is 4.39 Å². The average molecular weight is 289 g/mol. The Morgan fingerprint density at radius 2 is 2.15 bits per heavy atom. The van der Waals surface area contributed by atoms with Crippen LogP contribution in [0.2, 0.25) is 0 Å². The van der Waals surface area contributed by atoms with Gasteiger partial charge in [0.1, 0.15) is 0 Å². The van der Waals surface area contributed by atoms with Gasteiger partial charge >= 0.3 is 6.61 Å². The lowest BCUT2D eigenvalue weighted by Gasteiger charge is -2.21. The van der Waals surface area contributed by atoms with Crippen molar-refractivity contribution in [2.75, 3.05) is 23.7 Å². The average Bonchev–Trinajstić information content (AvgIpc) is 2.81. The predicted octanol–water partition coefficient (Wildman–Crippen LogP) is 1.32. The minimum absolute atomic E-state index is 0.0919. The molecule has 1 aromatic rings. The zero-order valence-corrected chi connectivity index (χ0v) is 10.5. The molecule has 1 unspecified atom stereocenters. The van der Waals surface area contributed by atoms with Crippen molar-refractivity contribution < 1.29 is 22.7 Å². The Hall–Kier alpha value is -2.12. The van der Waals surface area contributed by atoms with Gasteiger partial charge in [-0.1, -0.05) is 0 Å². The fourth-order valence-corrected chi connectivity index (χ4v) is 2.23. The number of hydrogen-bond donors (Lipinski definition) is 2. The molecule has 0 aliphatic carbocycles. The summed E-state index contributed by atoms with van der Waals surface area (Å²) in [5.41, 5.74) is 11.3. The molecule has 0 radical (unpaired) electrons. The summed E-state index contributed by atoms with van der Waals surface area (Å²) in [5, 5.41) is 0. The largest absolute Gasteiger partial charge is 0.432 e. The van der Waals surface area contributed by atoms with E-state index >= 15 is 0 Å². The summed E-state index contributed by atoms with van der Waals surface area (Å²) in [6.07, 6.45) is 0.539. The molecule has 1 atom stereocenters. The van der Waals surface area contributed by atoms with Crippen molar-refractivity contribution in [1.82, 2.24) is 0 Å². The van der Waals surface area contributed by atoms with E-state index in [9.17, 15) is 18.0 Å². The van der Waals surface area contributed by atoms with Crippen molar-refractivity contribution in [3.8, 4) is 5.75 Å². The molecule has 5 nitrogen and oxygen atoms in total. The number of hydrogen-bond acceptors (Lipinski definition) is 4. The first-order chi connectivity index (χ1) is 9.38. The van der Waals surface area contributed by atoms with Crippen LogP contribution in [-0.4, -0.2) is 25.6 Å². The normalized spacial score (nSPS) is 18.6. The number of nitrogen functional groups attached to an aromatic ring is 1. The van der Waals surface area contributed by atoms with Gasteiger partial charge in [-0.05, 0) is 6.42 Å². The van der Waals surface area contributed by atoms with Crippen LogP contribution in [0.3, 0.4) is 0 Å². The van der Waals surface area contributed by atoms with Crippen LogP contribution in [0.5, 0.6) is 5.75 Å². The van der Waals surface area contributed by atoms with Gasteiger partial charge < -0.3 is 21.1 Å². The molecule has 1 amide bonds. The van der Waals surface area contributed by atoms with Crippen LogP contribution in [0.15, 0.2) is 12.1 Å². The standard InChI is InChI=1S/C12H14F3N3O2/c13-7-3-8(16)9(4-10(7)20-12(14)15)18-2-1-6(5-18)11(17)19/h3-4,6,12H,1-2,5,16H2,(H2,17,19). The Bertz CT molecular complexity index is 525. The number of alkyl halides is 2. The number of carbonyl (C=O) groups is 1. The van der Waals surface area contributed by atoms with Crippen LogP contribution in [-0.2, 0) is 4.79 Å². The highest BCUT2D eigenvalue weighted by Crippen LogP contribution is 2.34. The Labute approximate surface area is 113 Å². The number of halogens is 3. The fourth-order valence-electron chi connectivity index (χ4n) is 2.23. The fraction of sp³-hybridized carbons (Fsp3) is 0.417. The van der Waals surface area contributed by atoms with E-state index in [1.54, 1.807) is 4.90 Å². The first-order valence-electron chi connectivity index (χ1n) is 5.96. The van der Waals surface area contributed by atoms with Crippen LogP contribution in [0, 0.1) is 11.7 Å². The summed E-state index contributed by atoms with van der Waals surface area (Å²) in [6.45, 7) is -2.32. The van der Waals surface area contributed by atoms with E-state index < -0.39 is 24.1 Å². The summed E-state index contributed by atoms with van der Waals surface area (Å²) in [4.78, 5) is 12.8. The maximum absolute atomic E-state index is 13.5. The van der Waals surface area contributed by atoms with Crippen molar-refractivity contribution in [2.45, 2.75) is 13.0 Å². The summed E-state index contributed by atoms with van der Waals surface area (Å²) in [7, 11) is 0. The van der Waals surface area contributed by atoms with Crippen LogP contribution in [0.1, 0.15) is 6.42 Å². The van der Waals surface area contributed by atoms with Gasteiger partial charge in [0.2, 0.25) is 5.91 Å². The van der Waals surface area contributed by atoms with E-state index in [4.69, 9.17) is 11.5 Å². The molecular formula is C12H14F3N3O2. The lowest BCUT2D eigenvalue weighted by atomic mass is 10.1. The van der Waals surface area contributed by atoms with Gasteiger partial charge in [-0.3, -0.25) is 4.79 Å².